The minimum Gasteiger partial charge on any atom is -0.406 e. The molecule has 19 heavy (non-hydrogen) atoms. The van der Waals surface area contributed by atoms with E-state index in [9.17, 15) is 4.79 Å². The highest BCUT2D eigenvalue weighted by Crippen LogP contribution is 2.25. The van der Waals surface area contributed by atoms with Crippen molar-refractivity contribution in [2.24, 2.45) is 4.99 Å². The van der Waals surface area contributed by atoms with Gasteiger partial charge >= 0.3 is 6.09 Å². The zero-order valence-corrected chi connectivity index (χ0v) is 11.8. The second kappa shape index (κ2) is 7.35. The van der Waals surface area contributed by atoms with Crippen LogP contribution < -0.4 is 4.74 Å². The molecule has 0 saturated heterocycles. The lowest BCUT2D eigenvalue weighted by Crippen LogP contribution is -2.33. The first-order valence-corrected chi connectivity index (χ1v) is 6.19. The van der Waals surface area contributed by atoms with Gasteiger partial charge in [-0.15, -0.1) is 0 Å². The Hall–Kier alpha value is -2.11. The molecule has 0 aliphatic heterocycles. The minimum atomic E-state index is -0.390. The summed E-state index contributed by atoms with van der Waals surface area (Å²) in [5, 5.41) is 0. The van der Waals surface area contributed by atoms with Crippen molar-refractivity contribution < 1.29 is 9.53 Å². The Morgan fingerprint density at radius 2 is 2.11 bits per heavy atom. The van der Waals surface area contributed by atoms with Crippen molar-refractivity contribution in [1.29, 1.82) is 0 Å². The van der Waals surface area contributed by atoms with Crippen molar-refractivity contribution in [3.63, 3.8) is 0 Å². The van der Waals surface area contributed by atoms with Gasteiger partial charge in [-0.1, -0.05) is 0 Å². The van der Waals surface area contributed by atoms with Gasteiger partial charge in [-0.25, -0.2) is 9.79 Å². The van der Waals surface area contributed by atoms with Crippen LogP contribution in [0.15, 0.2) is 23.5 Å². The average molecular weight is 264 g/mol. The lowest BCUT2D eigenvalue weighted by molar-refractivity contribution is 0.157. The van der Waals surface area contributed by atoms with Gasteiger partial charge in [-0.3, -0.25) is 4.98 Å². The molecule has 0 fully saturated rings. The van der Waals surface area contributed by atoms with Crippen LogP contribution in [0, 0.1) is 0 Å². The molecule has 1 amide bonds. The van der Waals surface area contributed by atoms with E-state index < -0.39 is 0 Å². The summed E-state index contributed by atoms with van der Waals surface area (Å²) in [4.78, 5) is 23.5. The second-order valence-electron chi connectivity index (χ2n) is 4.09. The van der Waals surface area contributed by atoms with Crippen molar-refractivity contribution in [2.75, 3.05) is 27.2 Å². The summed E-state index contributed by atoms with van der Waals surface area (Å²) < 4.78 is 5.31. The first-order chi connectivity index (χ1) is 9.08. The Morgan fingerprint density at radius 3 is 2.68 bits per heavy atom. The van der Waals surface area contributed by atoms with Crippen LogP contribution in [-0.2, 0) is 0 Å². The molecule has 1 aromatic heterocycles. The molecule has 104 valence electrons. The summed E-state index contributed by atoms with van der Waals surface area (Å²) in [7, 11) is 3.73. The maximum absolute atomic E-state index is 11.9. The van der Waals surface area contributed by atoms with Crippen LogP contribution >= 0.6 is 0 Å². The Bertz CT molecular complexity index is 442. The first-order valence-electron chi connectivity index (χ1n) is 6.19. The molecule has 6 heteroatoms. The van der Waals surface area contributed by atoms with E-state index in [2.05, 4.69) is 9.98 Å². The SMILES string of the molecule is CCN(CC)C(=O)Oc1cnccc1N=CN(C)C. The van der Waals surface area contributed by atoms with Crippen molar-refractivity contribution in [1.82, 2.24) is 14.8 Å². The highest BCUT2D eigenvalue weighted by Gasteiger charge is 2.14. The number of carbonyl (C=O) groups excluding carboxylic acids is 1. The van der Waals surface area contributed by atoms with E-state index in [1.807, 2.05) is 27.9 Å². The molecule has 0 aliphatic rings. The number of aliphatic imine (C=N–C) groups is 1. The van der Waals surface area contributed by atoms with E-state index in [0.29, 0.717) is 24.5 Å². The number of nitrogens with zero attached hydrogens (tertiary/aromatic N) is 4. The van der Waals surface area contributed by atoms with Crippen molar-refractivity contribution >= 4 is 18.1 Å². The summed E-state index contributed by atoms with van der Waals surface area (Å²) in [5.74, 6) is 0.359. The van der Waals surface area contributed by atoms with E-state index in [-0.39, 0.29) is 6.09 Å². The van der Waals surface area contributed by atoms with E-state index in [1.54, 1.807) is 28.4 Å². The number of hydrogen-bond acceptors (Lipinski definition) is 4. The summed E-state index contributed by atoms with van der Waals surface area (Å²) >= 11 is 0. The highest BCUT2D eigenvalue weighted by molar-refractivity contribution is 5.73. The normalized spacial score (nSPS) is 10.5. The van der Waals surface area contributed by atoms with Gasteiger partial charge in [-0.05, 0) is 19.9 Å². The molecule has 0 aliphatic carbocycles. The van der Waals surface area contributed by atoms with E-state index >= 15 is 0 Å². The van der Waals surface area contributed by atoms with Crippen LogP contribution in [-0.4, -0.2) is 54.4 Å². The molecule has 6 nitrogen and oxygen atoms in total. The van der Waals surface area contributed by atoms with Crippen molar-refractivity contribution in [3.8, 4) is 5.75 Å². The Labute approximate surface area is 113 Å². The number of carbonyl (C=O) groups is 1. The van der Waals surface area contributed by atoms with Gasteiger partial charge in [0.2, 0.25) is 0 Å². The Kier molecular flexibility index (Phi) is 5.78. The standard InChI is InChI=1S/C13H20N4O2/c1-5-17(6-2)13(18)19-12-9-14-8-7-11(12)15-10-16(3)4/h7-10H,5-6H2,1-4H3. The molecule has 0 atom stereocenters. The molecule has 1 rings (SSSR count). The van der Waals surface area contributed by atoms with Crippen LogP contribution in [0.25, 0.3) is 0 Å². The zero-order valence-electron chi connectivity index (χ0n) is 11.8. The van der Waals surface area contributed by atoms with Gasteiger partial charge in [-0.2, -0.15) is 0 Å². The molecule has 0 spiro atoms. The van der Waals surface area contributed by atoms with Gasteiger partial charge in [0.15, 0.2) is 5.75 Å². The molecule has 1 heterocycles. The maximum Gasteiger partial charge on any atom is 0.415 e. The average Bonchev–Trinajstić information content (AvgIpc) is 2.39. The van der Waals surface area contributed by atoms with Gasteiger partial charge < -0.3 is 14.5 Å². The Balaban J connectivity index is 2.86. The number of hydrogen-bond donors (Lipinski definition) is 0. The summed E-state index contributed by atoms with van der Waals surface area (Å²) in [6.07, 6.45) is 4.35. The lowest BCUT2D eigenvalue weighted by Gasteiger charge is -2.18. The van der Waals surface area contributed by atoms with Gasteiger partial charge in [0.05, 0.1) is 12.5 Å². The molecule has 1 aromatic rings. The first kappa shape index (κ1) is 14.9. The molecule has 0 aromatic carbocycles. The molecule has 0 saturated carbocycles. The second-order valence-corrected chi connectivity index (χ2v) is 4.09. The van der Waals surface area contributed by atoms with Gasteiger partial charge in [0.25, 0.3) is 0 Å². The topological polar surface area (TPSA) is 58.0 Å². The molecular weight excluding hydrogens is 244 g/mol. The number of rotatable bonds is 5. The number of aromatic nitrogens is 1. The maximum atomic E-state index is 11.9. The summed E-state index contributed by atoms with van der Waals surface area (Å²) in [6.45, 7) is 5.01. The predicted octanol–water partition coefficient (Wildman–Crippen LogP) is 2.14. The summed E-state index contributed by atoms with van der Waals surface area (Å²) in [6, 6.07) is 1.70. The lowest BCUT2D eigenvalue weighted by atomic mass is 10.4. The fourth-order valence-corrected chi connectivity index (χ4v) is 1.38. The smallest absolute Gasteiger partial charge is 0.406 e. The van der Waals surface area contributed by atoms with Gasteiger partial charge in [0.1, 0.15) is 5.69 Å². The third-order valence-corrected chi connectivity index (χ3v) is 2.41. The monoisotopic (exact) mass is 264 g/mol. The molecule has 0 unspecified atom stereocenters. The molecule has 0 bridgehead atoms. The molecular formula is C13H20N4O2. The largest absolute Gasteiger partial charge is 0.415 e. The predicted molar refractivity (Wildman–Crippen MR) is 75.0 cm³/mol. The van der Waals surface area contributed by atoms with Crippen molar-refractivity contribution in [2.45, 2.75) is 13.8 Å². The molecule has 0 N–H and O–H groups in total. The fraction of sp³-hybridized carbons (Fsp3) is 0.462. The minimum absolute atomic E-state index is 0.359. The summed E-state index contributed by atoms with van der Waals surface area (Å²) in [5.41, 5.74) is 0.573. The number of pyridine rings is 1. The third kappa shape index (κ3) is 4.57. The fourth-order valence-electron chi connectivity index (χ4n) is 1.38. The van der Waals surface area contributed by atoms with E-state index in [4.69, 9.17) is 4.74 Å². The number of ether oxygens (including phenoxy) is 1. The van der Waals surface area contributed by atoms with Crippen LogP contribution in [0.4, 0.5) is 10.5 Å². The van der Waals surface area contributed by atoms with Crippen molar-refractivity contribution in [3.05, 3.63) is 18.5 Å². The highest BCUT2D eigenvalue weighted by atomic mass is 16.6. The van der Waals surface area contributed by atoms with Gasteiger partial charge in [0, 0.05) is 33.4 Å². The zero-order chi connectivity index (χ0) is 14.3. The third-order valence-electron chi connectivity index (χ3n) is 2.41. The van der Waals surface area contributed by atoms with Crippen LogP contribution in [0.1, 0.15) is 13.8 Å². The Morgan fingerprint density at radius 1 is 1.42 bits per heavy atom. The molecule has 0 radical (unpaired) electrons. The van der Waals surface area contributed by atoms with E-state index in [1.165, 1.54) is 6.20 Å². The number of amides is 1. The quantitative estimate of drug-likeness (QED) is 0.604. The van der Waals surface area contributed by atoms with Crippen LogP contribution in [0.2, 0.25) is 0 Å². The van der Waals surface area contributed by atoms with Crippen LogP contribution in [0.5, 0.6) is 5.75 Å². The van der Waals surface area contributed by atoms with E-state index in [0.717, 1.165) is 0 Å². The van der Waals surface area contributed by atoms with Crippen LogP contribution in [0.3, 0.4) is 0 Å².